The van der Waals surface area contributed by atoms with Crippen molar-refractivity contribution in [1.82, 2.24) is 0 Å². The molecule has 0 spiro atoms. The summed E-state index contributed by atoms with van der Waals surface area (Å²) in [6.45, 7) is -0.105. The van der Waals surface area contributed by atoms with Crippen LogP contribution in [-0.4, -0.2) is 4.92 Å². The fourth-order valence-corrected chi connectivity index (χ4v) is 2.43. The van der Waals surface area contributed by atoms with E-state index in [-0.39, 0.29) is 12.2 Å². The Labute approximate surface area is 133 Å². The maximum Gasteiger partial charge on any atom is 0.305 e. The highest BCUT2D eigenvalue weighted by molar-refractivity contribution is 9.10. The van der Waals surface area contributed by atoms with Crippen molar-refractivity contribution in [2.45, 2.75) is 12.5 Å². The van der Waals surface area contributed by atoms with Gasteiger partial charge in [-0.25, -0.2) is 0 Å². The van der Waals surface area contributed by atoms with Gasteiger partial charge in [-0.2, -0.15) is 4.39 Å². The Kier molecular flexibility index (Phi) is 5.14. The van der Waals surface area contributed by atoms with E-state index in [2.05, 4.69) is 15.9 Å². The number of nitro benzene ring substituents is 1. The van der Waals surface area contributed by atoms with Crippen molar-refractivity contribution < 1.29 is 14.1 Å². The van der Waals surface area contributed by atoms with Gasteiger partial charge >= 0.3 is 5.69 Å². The van der Waals surface area contributed by atoms with E-state index in [1.54, 1.807) is 18.2 Å². The number of alkyl halides is 1. The molecule has 2 aromatic rings. The smallest absolute Gasteiger partial charge is 0.305 e. The van der Waals surface area contributed by atoms with Crippen LogP contribution < -0.4 is 4.74 Å². The van der Waals surface area contributed by atoms with Crippen LogP contribution in [0.15, 0.2) is 40.9 Å². The zero-order valence-electron chi connectivity index (χ0n) is 10.7. The third kappa shape index (κ3) is 3.71. The van der Waals surface area contributed by atoms with Crippen molar-refractivity contribution in [3.63, 3.8) is 0 Å². The standard InChI is InChI=1S/C14H10BrClFNO3/c15-11-6-9(7-16)4-5-13(11)21-8-10-2-1-3-12(14(10)17)18(19)20/h1-6H,7-8H2. The summed E-state index contributed by atoms with van der Waals surface area (Å²) in [5, 5.41) is 10.7. The van der Waals surface area contributed by atoms with E-state index in [4.69, 9.17) is 16.3 Å². The molecule has 110 valence electrons. The monoisotopic (exact) mass is 373 g/mol. The molecular formula is C14H10BrClFNO3. The summed E-state index contributed by atoms with van der Waals surface area (Å²) in [6.07, 6.45) is 0. The van der Waals surface area contributed by atoms with Crippen molar-refractivity contribution in [2.24, 2.45) is 0 Å². The first kappa shape index (κ1) is 15.7. The topological polar surface area (TPSA) is 52.4 Å². The van der Waals surface area contributed by atoms with Crippen molar-refractivity contribution in [1.29, 1.82) is 0 Å². The van der Waals surface area contributed by atoms with Crippen LogP contribution in [0, 0.1) is 15.9 Å². The fourth-order valence-electron chi connectivity index (χ4n) is 1.72. The van der Waals surface area contributed by atoms with Crippen molar-refractivity contribution in [3.8, 4) is 5.75 Å². The van der Waals surface area contributed by atoms with Crippen molar-refractivity contribution in [3.05, 3.63) is 67.9 Å². The highest BCUT2D eigenvalue weighted by Crippen LogP contribution is 2.28. The summed E-state index contributed by atoms with van der Waals surface area (Å²) >= 11 is 9.05. The third-order valence-corrected chi connectivity index (χ3v) is 3.72. The number of nitro groups is 1. The Morgan fingerprint density at radius 3 is 2.71 bits per heavy atom. The van der Waals surface area contributed by atoms with E-state index in [1.807, 2.05) is 0 Å². The predicted molar refractivity (Wildman–Crippen MR) is 81.1 cm³/mol. The minimum Gasteiger partial charge on any atom is -0.488 e. The number of ether oxygens (including phenoxy) is 1. The number of hydrogen-bond acceptors (Lipinski definition) is 3. The molecule has 0 bridgehead atoms. The molecular weight excluding hydrogens is 365 g/mol. The molecule has 2 aromatic carbocycles. The van der Waals surface area contributed by atoms with Crippen LogP contribution in [0.4, 0.5) is 10.1 Å². The minimum absolute atomic E-state index is 0.105. The molecule has 0 aliphatic rings. The van der Waals surface area contributed by atoms with E-state index in [0.29, 0.717) is 16.1 Å². The zero-order valence-corrected chi connectivity index (χ0v) is 13.0. The predicted octanol–water partition coefficient (Wildman–Crippen LogP) is 4.81. The van der Waals surface area contributed by atoms with E-state index >= 15 is 0 Å². The number of rotatable bonds is 5. The van der Waals surface area contributed by atoms with Gasteiger partial charge in [0.15, 0.2) is 0 Å². The Morgan fingerprint density at radius 1 is 1.33 bits per heavy atom. The molecule has 0 radical (unpaired) electrons. The summed E-state index contributed by atoms with van der Waals surface area (Å²) in [6, 6.07) is 9.28. The first-order valence-electron chi connectivity index (χ1n) is 5.92. The van der Waals surface area contributed by atoms with Gasteiger partial charge < -0.3 is 4.74 Å². The second kappa shape index (κ2) is 6.87. The molecule has 7 heteroatoms. The van der Waals surface area contributed by atoms with Gasteiger partial charge in [-0.05, 0) is 33.6 Å². The SMILES string of the molecule is O=[N+]([O-])c1cccc(COc2ccc(CCl)cc2Br)c1F. The summed E-state index contributed by atoms with van der Waals surface area (Å²) in [5.41, 5.74) is 0.475. The zero-order chi connectivity index (χ0) is 15.4. The largest absolute Gasteiger partial charge is 0.488 e. The maximum absolute atomic E-state index is 13.9. The molecule has 0 aliphatic carbocycles. The lowest BCUT2D eigenvalue weighted by molar-refractivity contribution is -0.387. The quantitative estimate of drug-likeness (QED) is 0.428. The first-order valence-corrected chi connectivity index (χ1v) is 7.24. The molecule has 0 unspecified atom stereocenters. The van der Waals surface area contributed by atoms with E-state index < -0.39 is 16.4 Å². The van der Waals surface area contributed by atoms with Gasteiger partial charge in [-0.3, -0.25) is 10.1 Å². The Balaban J connectivity index is 2.17. The minimum atomic E-state index is -0.879. The lowest BCUT2D eigenvalue weighted by atomic mass is 10.2. The van der Waals surface area contributed by atoms with Gasteiger partial charge in [0, 0.05) is 17.5 Å². The third-order valence-electron chi connectivity index (χ3n) is 2.79. The number of benzene rings is 2. The first-order chi connectivity index (χ1) is 10.0. The summed E-state index contributed by atoms with van der Waals surface area (Å²) in [5.74, 6) is 0.00375. The molecule has 0 atom stereocenters. The summed E-state index contributed by atoms with van der Waals surface area (Å²) < 4.78 is 20.1. The van der Waals surface area contributed by atoms with E-state index in [0.717, 1.165) is 11.6 Å². The lowest BCUT2D eigenvalue weighted by Crippen LogP contribution is -2.02. The average molecular weight is 375 g/mol. The molecule has 0 N–H and O–H groups in total. The Morgan fingerprint density at radius 2 is 2.10 bits per heavy atom. The van der Waals surface area contributed by atoms with E-state index in [9.17, 15) is 14.5 Å². The van der Waals surface area contributed by atoms with Gasteiger partial charge in [0.2, 0.25) is 5.82 Å². The van der Waals surface area contributed by atoms with Gasteiger partial charge in [0.25, 0.3) is 0 Å². The van der Waals surface area contributed by atoms with Gasteiger partial charge in [0.1, 0.15) is 12.4 Å². The molecule has 0 heterocycles. The lowest BCUT2D eigenvalue weighted by Gasteiger charge is -2.10. The van der Waals surface area contributed by atoms with Crippen molar-refractivity contribution >= 4 is 33.2 Å². The molecule has 0 saturated carbocycles. The fraction of sp³-hybridized carbons (Fsp3) is 0.143. The van der Waals surface area contributed by atoms with Crippen LogP contribution in [0.3, 0.4) is 0 Å². The second-order valence-corrected chi connectivity index (χ2v) is 5.32. The van der Waals surface area contributed by atoms with Crippen LogP contribution in [0.25, 0.3) is 0 Å². The number of halogens is 3. The van der Waals surface area contributed by atoms with Gasteiger partial charge in [-0.15, -0.1) is 11.6 Å². The van der Waals surface area contributed by atoms with Crippen LogP contribution in [0.1, 0.15) is 11.1 Å². The molecule has 21 heavy (non-hydrogen) atoms. The second-order valence-electron chi connectivity index (χ2n) is 4.19. The number of hydrogen-bond donors (Lipinski definition) is 0. The highest BCUT2D eigenvalue weighted by Gasteiger charge is 2.17. The van der Waals surface area contributed by atoms with Crippen molar-refractivity contribution in [2.75, 3.05) is 0 Å². The van der Waals surface area contributed by atoms with Crippen LogP contribution >= 0.6 is 27.5 Å². The average Bonchev–Trinajstić information content (AvgIpc) is 2.46. The Bertz CT molecular complexity index is 681. The van der Waals surface area contributed by atoms with Crippen LogP contribution in [-0.2, 0) is 12.5 Å². The maximum atomic E-state index is 13.9. The number of nitrogens with zero attached hydrogens (tertiary/aromatic N) is 1. The molecule has 0 amide bonds. The van der Waals surface area contributed by atoms with Crippen LogP contribution in [0.5, 0.6) is 5.75 Å². The molecule has 0 aromatic heterocycles. The Hall–Kier alpha value is -1.66. The van der Waals surface area contributed by atoms with E-state index in [1.165, 1.54) is 12.1 Å². The molecule has 0 saturated heterocycles. The molecule has 0 aliphatic heterocycles. The highest BCUT2D eigenvalue weighted by atomic mass is 79.9. The van der Waals surface area contributed by atoms with Gasteiger partial charge in [-0.1, -0.05) is 18.2 Å². The normalized spacial score (nSPS) is 10.4. The van der Waals surface area contributed by atoms with Crippen LogP contribution in [0.2, 0.25) is 0 Å². The summed E-state index contributed by atoms with van der Waals surface area (Å²) in [4.78, 5) is 9.92. The molecule has 2 rings (SSSR count). The summed E-state index contributed by atoms with van der Waals surface area (Å²) in [7, 11) is 0. The van der Waals surface area contributed by atoms with Gasteiger partial charge in [0.05, 0.1) is 9.40 Å². The molecule has 4 nitrogen and oxygen atoms in total. The molecule has 0 fully saturated rings.